The molecule has 1 aromatic rings. The minimum atomic E-state index is -0.931. The predicted octanol–water partition coefficient (Wildman–Crippen LogP) is 3.11. The van der Waals surface area contributed by atoms with E-state index < -0.39 is 5.97 Å². The van der Waals surface area contributed by atoms with Crippen LogP contribution in [-0.2, 0) is 0 Å². The van der Waals surface area contributed by atoms with Crippen LogP contribution >= 0.6 is 15.9 Å². The normalized spacial score (nSPS) is 23.1. The molecule has 1 aliphatic rings. The Hall–Kier alpha value is -1.07. The molecule has 3 N–H and O–H groups in total. The molecule has 0 heterocycles. The number of anilines is 1. The van der Waals surface area contributed by atoms with Crippen LogP contribution in [0, 0.1) is 5.92 Å². The fraction of sp³-hybridized carbons (Fsp3) is 0.500. The van der Waals surface area contributed by atoms with E-state index in [4.69, 9.17) is 5.11 Å². The van der Waals surface area contributed by atoms with Crippen LogP contribution in [0.4, 0.5) is 5.69 Å². The van der Waals surface area contributed by atoms with Crippen molar-refractivity contribution in [1.29, 1.82) is 0 Å². The number of nitrogens with one attached hydrogen (secondary N) is 1. The Labute approximate surface area is 121 Å². The summed E-state index contributed by atoms with van der Waals surface area (Å²) in [4.78, 5) is 10.9. The smallest absolute Gasteiger partial charge is 0.336 e. The number of carboxylic acids is 1. The molecule has 1 aromatic carbocycles. The van der Waals surface area contributed by atoms with Gasteiger partial charge in [-0.15, -0.1) is 0 Å². The highest BCUT2D eigenvalue weighted by atomic mass is 79.9. The van der Waals surface area contributed by atoms with Gasteiger partial charge in [0.2, 0.25) is 0 Å². The number of rotatable bonds is 4. The summed E-state index contributed by atoms with van der Waals surface area (Å²) in [5.74, 6) is -0.346. The minimum Gasteiger partial charge on any atom is -0.478 e. The first-order chi connectivity index (χ1) is 9.06. The summed E-state index contributed by atoms with van der Waals surface area (Å²) in [6.45, 7) is 0.867. The van der Waals surface area contributed by atoms with Crippen LogP contribution < -0.4 is 5.32 Å². The number of hydrogen-bond acceptors (Lipinski definition) is 3. The first-order valence-electron chi connectivity index (χ1n) is 6.51. The number of aliphatic hydroxyl groups excluding tert-OH is 1. The second-order valence-electron chi connectivity index (χ2n) is 5.06. The van der Waals surface area contributed by atoms with Crippen molar-refractivity contribution in [2.45, 2.75) is 31.8 Å². The fourth-order valence-electron chi connectivity index (χ4n) is 2.41. The Morgan fingerprint density at radius 2 is 2.00 bits per heavy atom. The summed E-state index contributed by atoms with van der Waals surface area (Å²) in [5.41, 5.74) is 1.19. The molecule has 0 atom stereocenters. The zero-order valence-electron chi connectivity index (χ0n) is 10.6. The van der Waals surface area contributed by atoms with Gasteiger partial charge in [-0.1, -0.05) is 0 Å². The van der Waals surface area contributed by atoms with E-state index in [1.54, 1.807) is 18.2 Å². The van der Waals surface area contributed by atoms with Gasteiger partial charge in [-0.25, -0.2) is 4.79 Å². The maximum atomic E-state index is 10.9. The van der Waals surface area contributed by atoms with Crippen molar-refractivity contribution < 1.29 is 15.0 Å². The molecule has 1 saturated carbocycles. The van der Waals surface area contributed by atoms with Gasteiger partial charge in [0.1, 0.15) is 0 Å². The first-order valence-corrected chi connectivity index (χ1v) is 7.30. The van der Waals surface area contributed by atoms with Crippen molar-refractivity contribution in [2.75, 3.05) is 11.9 Å². The van der Waals surface area contributed by atoms with E-state index in [1.165, 1.54) is 0 Å². The Morgan fingerprint density at radius 3 is 2.58 bits per heavy atom. The lowest BCUT2D eigenvalue weighted by molar-refractivity contribution is 0.0696. The maximum absolute atomic E-state index is 10.9. The number of carboxylic acid groups (broad SMARTS) is 1. The van der Waals surface area contributed by atoms with Crippen LogP contribution in [0.5, 0.6) is 0 Å². The first kappa shape index (κ1) is 14.3. The van der Waals surface area contributed by atoms with Gasteiger partial charge in [-0.2, -0.15) is 0 Å². The summed E-state index contributed by atoms with van der Waals surface area (Å²) in [5, 5.41) is 21.7. The lowest BCUT2D eigenvalue weighted by atomic mass is 9.87. The van der Waals surface area contributed by atoms with Crippen molar-refractivity contribution in [2.24, 2.45) is 5.92 Å². The Bertz CT molecular complexity index is 456. The van der Waals surface area contributed by atoms with E-state index in [9.17, 15) is 9.90 Å². The van der Waals surface area contributed by atoms with E-state index in [-0.39, 0.29) is 11.7 Å². The molecular weight excluding hydrogens is 310 g/mol. The van der Waals surface area contributed by atoms with E-state index in [1.807, 2.05) is 0 Å². The van der Waals surface area contributed by atoms with Gasteiger partial charge in [0, 0.05) is 16.7 Å². The third-order valence-corrected chi connectivity index (χ3v) is 4.27. The Morgan fingerprint density at radius 1 is 1.32 bits per heavy atom. The molecule has 1 fully saturated rings. The molecule has 1 aliphatic carbocycles. The highest BCUT2D eigenvalue weighted by Gasteiger charge is 2.19. The molecule has 0 aromatic heterocycles. The third-order valence-electron chi connectivity index (χ3n) is 3.61. The number of halogens is 1. The standard InChI is InChI=1S/C14H18BrNO3/c15-13-7-10(3-6-12(13)14(18)19)16-8-9-1-4-11(17)5-2-9/h3,6-7,9,11,16-17H,1-2,4-5,8H2,(H,18,19). The molecule has 0 saturated heterocycles. The average Bonchev–Trinajstić information content (AvgIpc) is 2.37. The van der Waals surface area contributed by atoms with Crippen molar-refractivity contribution in [3.63, 3.8) is 0 Å². The minimum absolute atomic E-state index is 0.125. The van der Waals surface area contributed by atoms with Crippen LogP contribution in [-0.4, -0.2) is 28.8 Å². The highest BCUT2D eigenvalue weighted by molar-refractivity contribution is 9.10. The third kappa shape index (κ3) is 3.94. The number of carbonyl (C=O) groups is 1. The number of aromatic carboxylic acids is 1. The molecule has 4 nitrogen and oxygen atoms in total. The van der Waals surface area contributed by atoms with Crippen LogP contribution in [0.3, 0.4) is 0 Å². The summed E-state index contributed by atoms with van der Waals surface area (Å²) in [6, 6.07) is 5.17. The zero-order chi connectivity index (χ0) is 13.8. The molecule has 5 heteroatoms. The maximum Gasteiger partial charge on any atom is 0.336 e. The summed E-state index contributed by atoms with van der Waals surface area (Å²) >= 11 is 3.27. The van der Waals surface area contributed by atoms with Gasteiger partial charge in [0.25, 0.3) is 0 Å². The molecule has 0 unspecified atom stereocenters. The zero-order valence-corrected chi connectivity index (χ0v) is 12.2. The number of benzene rings is 1. The van der Waals surface area contributed by atoms with E-state index >= 15 is 0 Å². The van der Waals surface area contributed by atoms with Crippen molar-refractivity contribution >= 4 is 27.6 Å². The number of aliphatic hydroxyl groups is 1. The lowest BCUT2D eigenvalue weighted by Gasteiger charge is -2.25. The molecule has 0 aliphatic heterocycles. The lowest BCUT2D eigenvalue weighted by Crippen LogP contribution is -2.23. The van der Waals surface area contributed by atoms with Gasteiger partial charge in [0.05, 0.1) is 11.7 Å². The van der Waals surface area contributed by atoms with E-state index in [2.05, 4.69) is 21.2 Å². The molecule has 0 amide bonds. The van der Waals surface area contributed by atoms with Gasteiger partial charge in [0.15, 0.2) is 0 Å². The second-order valence-corrected chi connectivity index (χ2v) is 5.91. The van der Waals surface area contributed by atoms with Crippen LogP contribution in [0.1, 0.15) is 36.0 Å². The monoisotopic (exact) mass is 327 g/mol. The van der Waals surface area contributed by atoms with E-state index in [0.29, 0.717) is 10.4 Å². The fourth-order valence-corrected chi connectivity index (χ4v) is 2.96. The van der Waals surface area contributed by atoms with Crippen molar-refractivity contribution in [3.05, 3.63) is 28.2 Å². The van der Waals surface area contributed by atoms with Crippen molar-refractivity contribution in [1.82, 2.24) is 0 Å². The molecule has 0 radical (unpaired) electrons. The molecule has 19 heavy (non-hydrogen) atoms. The van der Waals surface area contributed by atoms with E-state index in [0.717, 1.165) is 37.9 Å². The Kier molecular flexibility index (Phi) is 4.82. The summed E-state index contributed by atoms with van der Waals surface area (Å²) < 4.78 is 0.587. The summed E-state index contributed by atoms with van der Waals surface area (Å²) in [7, 11) is 0. The van der Waals surface area contributed by atoms with Crippen molar-refractivity contribution in [3.8, 4) is 0 Å². The molecule has 2 rings (SSSR count). The van der Waals surface area contributed by atoms with Crippen LogP contribution in [0.15, 0.2) is 22.7 Å². The number of hydrogen-bond donors (Lipinski definition) is 3. The largest absolute Gasteiger partial charge is 0.478 e. The molecule has 104 valence electrons. The SMILES string of the molecule is O=C(O)c1ccc(NCC2CCC(O)CC2)cc1Br. The average molecular weight is 328 g/mol. The summed E-state index contributed by atoms with van der Waals surface area (Å²) in [6.07, 6.45) is 3.73. The van der Waals surface area contributed by atoms with Crippen LogP contribution in [0.2, 0.25) is 0 Å². The molecule has 0 bridgehead atoms. The topological polar surface area (TPSA) is 69.6 Å². The van der Waals surface area contributed by atoms with Gasteiger partial charge >= 0.3 is 5.97 Å². The predicted molar refractivity (Wildman–Crippen MR) is 77.6 cm³/mol. The van der Waals surface area contributed by atoms with Crippen LogP contribution in [0.25, 0.3) is 0 Å². The molecule has 0 spiro atoms. The van der Waals surface area contributed by atoms with Gasteiger partial charge < -0.3 is 15.5 Å². The van der Waals surface area contributed by atoms with Gasteiger partial charge in [-0.3, -0.25) is 0 Å². The molecular formula is C14H18BrNO3. The Balaban J connectivity index is 1.89. The highest BCUT2D eigenvalue weighted by Crippen LogP contribution is 2.26. The second kappa shape index (κ2) is 6.39. The van der Waals surface area contributed by atoms with Gasteiger partial charge in [-0.05, 0) is 65.7 Å². The quantitative estimate of drug-likeness (QED) is 0.794.